The molecule has 106 valence electrons. The van der Waals surface area contributed by atoms with Crippen molar-refractivity contribution >= 4 is 11.3 Å². The van der Waals surface area contributed by atoms with Crippen LogP contribution in [0.3, 0.4) is 0 Å². The Hall–Kier alpha value is -1.16. The maximum Gasteiger partial charge on any atom is 0.0338 e. The first-order chi connectivity index (χ1) is 9.88. The zero-order valence-corrected chi connectivity index (χ0v) is 12.8. The summed E-state index contributed by atoms with van der Waals surface area (Å²) in [7, 11) is 0. The lowest BCUT2D eigenvalue weighted by Gasteiger charge is -2.19. The summed E-state index contributed by atoms with van der Waals surface area (Å²) in [5, 5.41) is 9.48. The smallest absolute Gasteiger partial charge is 0.0338 e. The summed E-state index contributed by atoms with van der Waals surface area (Å²) in [4.78, 5) is 1.49. The van der Waals surface area contributed by atoms with Crippen LogP contribution in [0.4, 0.5) is 0 Å². The molecule has 1 aromatic carbocycles. The summed E-state index contributed by atoms with van der Waals surface area (Å²) < 4.78 is 0. The molecule has 0 bridgehead atoms. The van der Waals surface area contributed by atoms with Gasteiger partial charge in [-0.15, -0.1) is 11.3 Å². The Morgan fingerprint density at radius 2 is 2.20 bits per heavy atom. The van der Waals surface area contributed by atoms with Gasteiger partial charge >= 0.3 is 0 Å². The quantitative estimate of drug-likeness (QED) is 0.897. The van der Waals surface area contributed by atoms with Gasteiger partial charge in [-0.05, 0) is 47.5 Å². The molecule has 0 spiro atoms. The van der Waals surface area contributed by atoms with Gasteiger partial charge in [0.25, 0.3) is 0 Å². The fourth-order valence-electron chi connectivity index (χ4n) is 2.93. The predicted octanol–water partition coefficient (Wildman–Crippen LogP) is 3.63. The van der Waals surface area contributed by atoms with Crippen molar-refractivity contribution in [1.82, 2.24) is 10.6 Å². The van der Waals surface area contributed by atoms with Gasteiger partial charge < -0.3 is 10.6 Å². The van der Waals surface area contributed by atoms with Crippen molar-refractivity contribution in [3.05, 3.63) is 57.3 Å². The molecular formula is C17H22N2S. The predicted molar refractivity (Wildman–Crippen MR) is 86.0 cm³/mol. The van der Waals surface area contributed by atoms with Crippen molar-refractivity contribution in [3.63, 3.8) is 0 Å². The summed E-state index contributed by atoms with van der Waals surface area (Å²) in [6.07, 6.45) is 2.28. The molecule has 2 N–H and O–H groups in total. The molecule has 0 amide bonds. The third-order valence-electron chi connectivity index (χ3n) is 4.08. The van der Waals surface area contributed by atoms with Crippen LogP contribution in [-0.2, 0) is 19.5 Å². The molecule has 20 heavy (non-hydrogen) atoms. The van der Waals surface area contributed by atoms with Crippen molar-refractivity contribution in [2.75, 3.05) is 6.54 Å². The van der Waals surface area contributed by atoms with E-state index in [9.17, 15) is 0 Å². The standard InChI is InChI=1S/C17H22N2S/c1-2-13-8-10-20-17(13)12-19-16-7-9-18-11-14-5-3-4-6-15(14)16/h3-6,8,10,16,18-19H,2,7,9,11-12H2,1H3. The molecule has 0 saturated heterocycles. The molecule has 0 radical (unpaired) electrons. The molecule has 1 aliphatic rings. The Kier molecular flexibility index (Phi) is 4.51. The molecule has 3 rings (SSSR count). The van der Waals surface area contributed by atoms with Gasteiger partial charge in [0.2, 0.25) is 0 Å². The summed E-state index contributed by atoms with van der Waals surface area (Å²) in [6, 6.07) is 11.5. The molecule has 2 aromatic rings. The summed E-state index contributed by atoms with van der Waals surface area (Å²) in [6.45, 7) is 5.29. The normalized spacial score (nSPS) is 18.6. The van der Waals surface area contributed by atoms with Crippen molar-refractivity contribution in [3.8, 4) is 0 Å². The average molecular weight is 286 g/mol. The number of hydrogen-bond donors (Lipinski definition) is 2. The van der Waals surface area contributed by atoms with Crippen molar-refractivity contribution in [2.45, 2.75) is 38.9 Å². The Morgan fingerprint density at radius 1 is 1.30 bits per heavy atom. The molecule has 0 fully saturated rings. The minimum atomic E-state index is 0.466. The highest BCUT2D eigenvalue weighted by molar-refractivity contribution is 7.10. The van der Waals surface area contributed by atoms with E-state index in [4.69, 9.17) is 0 Å². The van der Waals surface area contributed by atoms with Crippen LogP contribution in [0.25, 0.3) is 0 Å². The summed E-state index contributed by atoms with van der Waals surface area (Å²) in [5.74, 6) is 0. The van der Waals surface area contributed by atoms with Crippen LogP contribution in [-0.4, -0.2) is 6.54 Å². The van der Waals surface area contributed by atoms with E-state index in [1.807, 2.05) is 11.3 Å². The van der Waals surface area contributed by atoms with Crippen molar-refractivity contribution in [2.24, 2.45) is 0 Å². The molecule has 0 saturated carbocycles. The lowest BCUT2D eigenvalue weighted by Crippen LogP contribution is -2.22. The Bertz CT molecular complexity index is 562. The highest BCUT2D eigenvalue weighted by Crippen LogP contribution is 2.25. The van der Waals surface area contributed by atoms with Crippen LogP contribution in [0.15, 0.2) is 35.7 Å². The highest BCUT2D eigenvalue weighted by Gasteiger charge is 2.17. The van der Waals surface area contributed by atoms with E-state index in [1.165, 1.54) is 21.6 Å². The molecule has 2 nitrogen and oxygen atoms in total. The first kappa shape index (κ1) is 13.8. The van der Waals surface area contributed by atoms with Crippen molar-refractivity contribution in [1.29, 1.82) is 0 Å². The maximum absolute atomic E-state index is 3.77. The highest BCUT2D eigenvalue weighted by atomic mass is 32.1. The third-order valence-corrected chi connectivity index (χ3v) is 5.05. The minimum Gasteiger partial charge on any atom is -0.313 e. The topological polar surface area (TPSA) is 24.1 Å². The van der Waals surface area contributed by atoms with Gasteiger partial charge in [0.05, 0.1) is 0 Å². The number of aryl methyl sites for hydroxylation is 1. The van der Waals surface area contributed by atoms with E-state index < -0.39 is 0 Å². The fourth-order valence-corrected chi connectivity index (χ4v) is 3.85. The number of hydrogen-bond acceptors (Lipinski definition) is 3. The van der Waals surface area contributed by atoms with Gasteiger partial charge in [-0.1, -0.05) is 31.2 Å². The van der Waals surface area contributed by atoms with E-state index in [1.54, 1.807) is 0 Å². The number of fused-ring (bicyclic) bond motifs is 1. The molecule has 1 aliphatic heterocycles. The average Bonchev–Trinajstić information content (AvgIpc) is 2.85. The van der Waals surface area contributed by atoms with Crippen LogP contribution < -0.4 is 10.6 Å². The molecular weight excluding hydrogens is 264 g/mol. The van der Waals surface area contributed by atoms with Crippen LogP contribution in [0, 0.1) is 0 Å². The van der Waals surface area contributed by atoms with Gasteiger partial charge in [-0.25, -0.2) is 0 Å². The number of benzene rings is 1. The monoisotopic (exact) mass is 286 g/mol. The minimum absolute atomic E-state index is 0.466. The Labute approximate surface area is 125 Å². The molecule has 3 heteroatoms. The Balaban J connectivity index is 1.74. The molecule has 1 atom stereocenters. The van der Waals surface area contributed by atoms with Crippen LogP contribution in [0.2, 0.25) is 0 Å². The number of thiophene rings is 1. The Morgan fingerprint density at radius 3 is 3.10 bits per heavy atom. The fraction of sp³-hybridized carbons (Fsp3) is 0.412. The molecule has 2 heterocycles. The van der Waals surface area contributed by atoms with E-state index in [-0.39, 0.29) is 0 Å². The van der Waals surface area contributed by atoms with Gasteiger partial charge in [0, 0.05) is 24.0 Å². The zero-order valence-electron chi connectivity index (χ0n) is 12.0. The van der Waals surface area contributed by atoms with Gasteiger partial charge in [0.15, 0.2) is 0 Å². The van der Waals surface area contributed by atoms with Crippen LogP contribution in [0.5, 0.6) is 0 Å². The van der Waals surface area contributed by atoms with Crippen LogP contribution in [0.1, 0.15) is 41.0 Å². The van der Waals surface area contributed by atoms with Crippen LogP contribution >= 0.6 is 11.3 Å². The second kappa shape index (κ2) is 6.53. The third kappa shape index (κ3) is 2.95. The first-order valence-electron chi connectivity index (χ1n) is 7.45. The van der Waals surface area contributed by atoms with Gasteiger partial charge in [-0.3, -0.25) is 0 Å². The second-order valence-corrected chi connectivity index (χ2v) is 6.32. The lowest BCUT2D eigenvalue weighted by atomic mass is 9.99. The lowest BCUT2D eigenvalue weighted by molar-refractivity contribution is 0.497. The largest absolute Gasteiger partial charge is 0.313 e. The zero-order chi connectivity index (χ0) is 13.8. The molecule has 1 unspecified atom stereocenters. The number of nitrogens with one attached hydrogen (secondary N) is 2. The molecule has 1 aromatic heterocycles. The van der Waals surface area contributed by atoms with Gasteiger partial charge in [-0.2, -0.15) is 0 Å². The van der Waals surface area contributed by atoms with Gasteiger partial charge in [0.1, 0.15) is 0 Å². The van der Waals surface area contributed by atoms with E-state index in [0.29, 0.717) is 6.04 Å². The van der Waals surface area contributed by atoms with Crippen molar-refractivity contribution < 1.29 is 0 Å². The number of rotatable bonds is 4. The first-order valence-corrected chi connectivity index (χ1v) is 8.33. The second-order valence-electron chi connectivity index (χ2n) is 5.32. The maximum atomic E-state index is 3.77. The summed E-state index contributed by atoms with van der Waals surface area (Å²) in [5.41, 5.74) is 4.39. The van der Waals surface area contributed by atoms with E-state index >= 15 is 0 Å². The SMILES string of the molecule is CCc1ccsc1CNC1CCNCc2ccccc21. The van der Waals surface area contributed by atoms with E-state index in [0.717, 1.165) is 32.5 Å². The molecule has 0 aliphatic carbocycles. The summed E-state index contributed by atoms with van der Waals surface area (Å²) >= 11 is 1.87. The van der Waals surface area contributed by atoms with E-state index in [2.05, 4.69) is 53.3 Å².